The average Bonchev–Trinajstić information content (AvgIpc) is 2.97. The van der Waals surface area contributed by atoms with E-state index in [1.54, 1.807) is 7.11 Å². The molecular weight excluding hydrogens is 278 g/mol. The molecule has 1 atom stereocenters. The first-order valence-electron chi connectivity index (χ1n) is 7.81. The number of carbonyl (C=O) groups excluding carboxylic acids is 1. The molecule has 118 valence electrons. The summed E-state index contributed by atoms with van der Waals surface area (Å²) in [6, 6.07) is 7.60. The Morgan fingerprint density at radius 3 is 2.86 bits per heavy atom. The first-order chi connectivity index (χ1) is 10.7. The molecule has 3 rings (SSSR count). The lowest BCUT2D eigenvalue weighted by Crippen LogP contribution is -2.49. The van der Waals surface area contributed by atoms with Crippen molar-refractivity contribution in [1.82, 2.24) is 9.88 Å². The zero-order valence-corrected chi connectivity index (χ0v) is 12.9. The number of aromatic amines is 1. The number of likely N-dealkylation sites (tertiary alicyclic amines) is 1. The van der Waals surface area contributed by atoms with Crippen molar-refractivity contribution in [2.75, 3.05) is 20.2 Å². The third-order valence-electron chi connectivity index (χ3n) is 4.52. The van der Waals surface area contributed by atoms with E-state index in [4.69, 9.17) is 10.5 Å². The molecule has 1 aromatic heterocycles. The minimum Gasteiger partial charge on any atom is -0.381 e. The molecule has 1 fully saturated rings. The molecule has 1 aromatic carbocycles. The predicted molar refractivity (Wildman–Crippen MR) is 86.6 cm³/mol. The minimum atomic E-state index is -0.488. The van der Waals surface area contributed by atoms with Crippen LogP contribution in [0.2, 0.25) is 0 Å². The van der Waals surface area contributed by atoms with Gasteiger partial charge in [-0.25, -0.2) is 0 Å². The first kappa shape index (κ1) is 15.1. The highest BCUT2D eigenvalue weighted by molar-refractivity contribution is 5.86. The summed E-state index contributed by atoms with van der Waals surface area (Å²) in [4.78, 5) is 17.6. The number of carbonyl (C=O) groups is 1. The molecule has 5 heteroatoms. The average molecular weight is 301 g/mol. The van der Waals surface area contributed by atoms with Gasteiger partial charge in [-0.05, 0) is 30.9 Å². The second-order valence-electron chi connectivity index (χ2n) is 5.93. The van der Waals surface area contributed by atoms with Crippen molar-refractivity contribution in [3.05, 3.63) is 36.0 Å². The Labute approximate surface area is 130 Å². The van der Waals surface area contributed by atoms with Gasteiger partial charge in [0.25, 0.3) is 0 Å². The van der Waals surface area contributed by atoms with Gasteiger partial charge in [0, 0.05) is 37.3 Å². The SMILES string of the molecule is COC1CCN(C(=O)[C@@H](N)Cc2c[nH]c3ccccc23)CC1. The Morgan fingerprint density at radius 1 is 1.41 bits per heavy atom. The predicted octanol–water partition coefficient (Wildman–Crippen LogP) is 1.68. The molecule has 22 heavy (non-hydrogen) atoms. The van der Waals surface area contributed by atoms with Gasteiger partial charge in [0.15, 0.2) is 0 Å². The molecular formula is C17H23N3O2. The molecule has 1 amide bonds. The van der Waals surface area contributed by atoms with Crippen LogP contribution in [0.25, 0.3) is 10.9 Å². The number of fused-ring (bicyclic) bond motifs is 1. The molecule has 1 aliphatic heterocycles. The highest BCUT2D eigenvalue weighted by atomic mass is 16.5. The monoisotopic (exact) mass is 301 g/mol. The van der Waals surface area contributed by atoms with E-state index in [-0.39, 0.29) is 12.0 Å². The Bertz CT molecular complexity index is 644. The fourth-order valence-corrected chi connectivity index (χ4v) is 3.17. The second-order valence-corrected chi connectivity index (χ2v) is 5.93. The molecule has 2 heterocycles. The van der Waals surface area contributed by atoms with Crippen LogP contribution in [0.3, 0.4) is 0 Å². The summed E-state index contributed by atoms with van der Waals surface area (Å²) in [5.41, 5.74) is 8.34. The number of hydrogen-bond acceptors (Lipinski definition) is 3. The van der Waals surface area contributed by atoms with Gasteiger partial charge >= 0.3 is 0 Å². The zero-order chi connectivity index (χ0) is 15.5. The summed E-state index contributed by atoms with van der Waals surface area (Å²) in [5, 5.41) is 1.14. The van der Waals surface area contributed by atoms with Crippen molar-refractivity contribution < 1.29 is 9.53 Å². The first-order valence-corrected chi connectivity index (χ1v) is 7.81. The van der Waals surface area contributed by atoms with Crippen LogP contribution in [0.4, 0.5) is 0 Å². The van der Waals surface area contributed by atoms with Crippen LogP contribution in [0, 0.1) is 0 Å². The molecule has 1 aliphatic rings. The zero-order valence-electron chi connectivity index (χ0n) is 12.9. The molecule has 2 aromatic rings. The van der Waals surface area contributed by atoms with E-state index in [0.29, 0.717) is 6.42 Å². The lowest BCUT2D eigenvalue weighted by atomic mass is 10.0. The van der Waals surface area contributed by atoms with Gasteiger partial charge in [0.2, 0.25) is 5.91 Å². The lowest BCUT2D eigenvalue weighted by molar-refractivity contribution is -0.134. The van der Waals surface area contributed by atoms with Crippen LogP contribution in [0.1, 0.15) is 18.4 Å². The number of aromatic nitrogens is 1. The summed E-state index contributed by atoms with van der Waals surface area (Å²) >= 11 is 0. The number of nitrogens with one attached hydrogen (secondary N) is 1. The molecule has 5 nitrogen and oxygen atoms in total. The van der Waals surface area contributed by atoms with Gasteiger partial charge in [-0.1, -0.05) is 18.2 Å². The second kappa shape index (κ2) is 6.50. The van der Waals surface area contributed by atoms with Crippen molar-refractivity contribution in [2.24, 2.45) is 5.73 Å². The van der Waals surface area contributed by atoms with Gasteiger partial charge in [-0.3, -0.25) is 4.79 Å². The van der Waals surface area contributed by atoms with Crippen LogP contribution >= 0.6 is 0 Å². The molecule has 0 aliphatic carbocycles. The molecule has 0 bridgehead atoms. The van der Waals surface area contributed by atoms with E-state index in [2.05, 4.69) is 11.1 Å². The topological polar surface area (TPSA) is 71.3 Å². The quantitative estimate of drug-likeness (QED) is 0.902. The third-order valence-corrected chi connectivity index (χ3v) is 4.52. The van der Waals surface area contributed by atoms with Crippen molar-refractivity contribution in [1.29, 1.82) is 0 Å². The number of nitrogens with two attached hydrogens (primary N) is 1. The summed E-state index contributed by atoms with van der Waals surface area (Å²) < 4.78 is 5.34. The fraction of sp³-hybridized carbons (Fsp3) is 0.471. The highest BCUT2D eigenvalue weighted by Gasteiger charge is 2.26. The fourth-order valence-electron chi connectivity index (χ4n) is 3.17. The van der Waals surface area contributed by atoms with Gasteiger partial charge < -0.3 is 20.4 Å². The summed E-state index contributed by atoms with van der Waals surface area (Å²) in [7, 11) is 1.73. The standard InChI is InChI=1S/C17H23N3O2/c1-22-13-6-8-20(9-7-13)17(21)15(18)10-12-11-19-16-5-3-2-4-14(12)16/h2-5,11,13,15,19H,6-10,18H2,1H3/t15-/m0/s1. The van der Waals surface area contributed by atoms with Crippen molar-refractivity contribution in [3.63, 3.8) is 0 Å². The van der Waals surface area contributed by atoms with Gasteiger partial charge in [0.05, 0.1) is 12.1 Å². The molecule has 0 saturated carbocycles. The van der Waals surface area contributed by atoms with Gasteiger partial charge in [-0.2, -0.15) is 0 Å². The van der Waals surface area contributed by atoms with Crippen LogP contribution in [-0.2, 0) is 16.0 Å². The molecule has 0 radical (unpaired) electrons. The molecule has 1 saturated heterocycles. The molecule has 3 N–H and O–H groups in total. The highest BCUT2D eigenvalue weighted by Crippen LogP contribution is 2.20. The maximum absolute atomic E-state index is 12.5. The lowest BCUT2D eigenvalue weighted by Gasteiger charge is -2.32. The van der Waals surface area contributed by atoms with E-state index >= 15 is 0 Å². The van der Waals surface area contributed by atoms with E-state index in [1.165, 1.54) is 0 Å². The Balaban J connectivity index is 1.64. The number of H-pyrrole nitrogens is 1. The number of nitrogens with zero attached hydrogens (tertiary/aromatic N) is 1. The minimum absolute atomic E-state index is 0.0415. The number of benzene rings is 1. The largest absolute Gasteiger partial charge is 0.381 e. The van der Waals surface area contributed by atoms with E-state index < -0.39 is 6.04 Å². The van der Waals surface area contributed by atoms with Crippen LogP contribution in [-0.4, -0.2) is 48.1 Å². The summed E-state index contributed by atoms with van der Waals surface area (Å²) in [5.74, 6) is 0.0415. The number of ether oxygens (including phenoxy) is 1. The Kier molecular flexibility index (Phi) is 4.45. The summed E-state index contributed by atoms with van der Waals surface area (Å²) in [6.45, 7) is 1.47. The number of amides is 1. The van der Waals surface area contributed by atoms with Crippen LogP contribution < -0.4 is 5.73 Å². The Morgan fingerprint density at radius 2 is 2.14 bits per heavy atom. The maximum Gasteiger partial charge on any atom is 0.239 e. The van der Waals surface area contributed by atoms with Crippen LogP contribution in [0.15, 0.2) is 30.5 Å². The van der Waals surface area contributed by atoms with Crippen molar-refractivity contribution in [2.45, 2.75) is 31.4 Å². The van der Waals surface area contributed by atoms with Crippen LogP contribution in [0.5, 0.6) is 0 Å². The summed E-state index contributed by atoms with van der Waals surface area (Å²) in [6.07, 6.45) is 4.57. The van der Waals surface area contributed by atoms with Gasteiger partial charge in [0.1, 0.15) is 0 Å². The van der Waals surface area contributed by atoms with E-state index in [9.17, 15) is 4.79 Å². The van der Waals surface area contributed by atoms with Crippen molar-refractivity contribution in [3.8, 4) is 0 Å². The Hall–Kier alpha value is -1.85. The van der Waals surface area contributed by atoms with Gasteiger partial charge in [-0.15, -0.1) is 0 Å². The number of methoxy groups -OCH3 is 1. The van der Waals surface area contributed by atoms with E-state index in [1.807, 2.05) is 29.3 Å². The number of hydrogen-bond donors (Lipinski definition) is 2. The normalized spacial score (nSPS) is 17.8. The maximum atomic E-state index is 12.5. The molecule has 0 unspecified atom stereocenters. The molecule has 0 spiro atoms. The van der Waals surface area contributed by atoms with Crippen molar-refractivity contribution >= 4 is 16.8 Å². The number of rotatable bonds is 4. The number of piperidine rings is 1. The van der Waals surface area contributed by atoms with E-state index in [0.717, 1.165) is 42.4 Å². The number of para-hydroxylation sites is 1. The third kappa shape index (κ3) is 3.00. The smallest absolute Gasteiger partial charge is 0.239 e.